The number of nitro benzene ring substituents is 1. The molecule has 0 atom stereocenters. The number of non-ortho nitro benzene ring substituents is 1. The average molecular weight is 264 g/mol. The molecular weight excluding hydrogens is 254 g/mol. The van der Waals surface area contributed by atoms with E-state index in [1.165, 1.54) is 18.2 Å². The Morgan fingerprint density at radius 3 is 2.32 bits per heavy atom. The van der Waals surface area contributed by atoms with Crippen molar-refractivity contribution in [2.24, 2.45) is 0 Å². The second kappa shape index (κ2) is 5.43. The van der Waals surface area contributed by atoms with E-state index in [1.54, 1.807) is 12.1 Å². The molecule has 0 aliphatic carbocycles. The minimum Gasteiger partial charge on any atom is -0.381 e. The Balaban J connectivity index is 2.01. The summed E-state index contributed by atoms with van der Waals surface area (Å²) in [5.74, 6) is -1.82. The zero-order chi connectivity index (χ0) is 13.8. The van der Waals surface area contributed by atoms with E-state index in [4.69, 9.17) is 0 Å². The fraction of sp³-hybridized carbons (Fsp3) is 0.0769. The molecule has 0 unspecified atom stereocenters. The van der Waals surface area contributed by atoms with Gasteiger partial charge in [0.2, 0.25) is 0 Å². The first-order valence-corrected chi connectivity index (χ1v) is 5.48. The van der Waals surface area contributed by atoms with Crippen LogP contribution in [-0.4, -0.2) is 4.92 Å². The summed E-state index contributed by atoms with van der Waals surface area (Å²) >= 11 is 0. The van der Waals surface area contributed by atoms with Gasteiger partial charge in [0, 0.05) is 30.4 Å². The van der Waals surface area contributed by atoms with Gasteiger partial charge in [-0.05, 0) is 17.7 Å². The van der Waals surface area contributed by atoms with Crippen LogP contribution in [0.1, 0.15) is 5.56 Å². The van der Waals surface area contributed by atoms with E-state index in [2.05, 4.69) is 5.32 Å². The monoisotopic (exact) mass is 264 g/mol. The average Bonchev–Trinajstić information content (AvgIpc) is 2.40. The molecule has 1 N–H and O–H groups in total. The highest BCUT2D eigenvalue weighted by molar-refractivity contribution is 5.44. The number of hydrogen-bond acceptors (Lipinski definition) is 3. The second-order valence-corrected chi connectivity index (χ2v) is 3.91. The van der Waals surface area contributed by atoms with E-state index < -0.39 is 16.6 Å². The third kappa shape index (κ3) is 3.25. The molecule has 2 aromatic rings. The van der Waals surface area contributed by atoms with Crippen LogP contribution in [0.2, 0.25) is 0 Å². The van der Waals surface area contributed by atoms with Crippen molar-refractivity contribution in [2.45, 2.75) is 6.54 Å². The summed E-state index contributed by atoms with van der Waals surface area (Å²) in [4.78, 5) is 9.99. The summed E-state index contributed by atoms with van der Waals surface area (Å²) in [6.45, 7) is 0.364. The van der Waals surface area contributed by atoms with Gasteiger partial charge in [0.05, 0.1) is 4.92 Å². The molecule has 0 aliphatic heterocycles. The fourth-order valence-electron chi connectivity index (χ4n) is 1.55. The maximum absolute atomic E-state index is 13.0. The van der Waals surface area contributed by atoms with E-state index in [0.717, 1.165) is 17.7 Å². The highest BCUT2D eigenvalue weighted by Gasteiger charge is 2.05. The van der Waals surface area contributed by atoms with E-state index in [0.29, 0.717) is 12.2 Å². The zero-order valence-electron chi connectivity index (χ0n) is 9.77. The molecule has 0 heterocycles. The molecule has 0 saturated carbocycles. The van der Waals surface area contributed by atoms with Gasteiger partial charge < -0.3 is 5.32 Å². The largest absolute Gasteiger partial charge is 0.381 e. The molecule has 0 amide bonds. The maximum Gasteiger partial charge on any atom is 0.269 e. The SMILES string of the molecule is O=[N+]([O-])c1ccc(CNc2ccc(F)c(F)c2)cc1. The third-order valence-corrected chi connectivity index (χ3v) is 2.56. The Kier molecular flexibility index (Phi) is 3.70. The fourth-order valence-corrected chi connectivity index (χ4v) is 1.55. The quantitative estimate of drug-likeness (QED) is 0.679. The number of rotatable bonds is 4. The van der Waals surface area contributed by atoms with Crippen LogP contribution in [0.4, 0.5) is 20.2 Å². The molecule has 2 rings (SSSR count). The van der Waals surface area contributed by atoms with Gasteiger partial charge in [-0.15, -0.1) is 0 Å². The van der Waals surface area contributed by atoms with Gasteiger partial charge in [0.15, 0.2) is 11.6 Å². The van der Waals surface area contributed by atoms with Crippen LogP contribution in [0.5, 0.6) is 0 Å². The predicted octanol–water partition coefficient (Wildman–Crippen LogP) is 3.49. The molecule has 0 bridgehead atoms. The van der Waals surface area contributed by atoms with Crippen molar-refractivity contribution in [3.8, 4) is 0 Å². The first-order chi connectivity index (χ1) is 9.06. The van der Waals surface area contributed by atoms with Crippen LogP contribution in [-0.2, 0) is 6.54 Å². The van der Waals surface area contributed by atoms with Crippen molar-refractivity contribution in [3.05, 3.63) is 69.8 Å². The number of halogens is 2. The van der Waals surface area contributed by atoms with Gasteiger partial charge in [0.25, 0.3) is 5.69 Å². The summed E-state index contributed by atoms with van der Waals surface area (Å²) < 4.78 is 25.7. The van der Waals surface area contributed by atoms with Crippen LogP contribution < -0.4 is 5.32 Å². The van der Waals surface area contributed by atoms with Gasteiger partial charge in [-0.3, -0.25) is 10.1 Å². The summed E-state index contributed by atoms with van der Waals surface area (Å²) in [7, 11) is 0. The molecule has 0 spiro atoms. The van der Waals surface area contributed by atoms with Gasteiger partial charge in [0.1, 0.15) is 0 Å². The van der Waals surface area contributed by atoms with E-state index >= 15 is 0 Å². The topological polar surface area (TPSA) is 55.2 Å². The van der Waals surface area contributed by atoms with Crippen molar-refractivity contribution >= 4 is 11.4 Å². The third-order valence-electron chi connectivity index (χ3n) is 2.56. The number of nitrogens with zero attached hydrogens (tertiary/aromatic N) is 1. The Bertz CT molecular complexity index is 600. The van der Waals surface area contributed by atoms with Gasteiger partial charge in [-0.1, -0.05) is 12.1 Å². The first-order valence-electron chi connectivity index (χ1n) is 5.48. The number of hydrogen-bond donors (Lipinski definition) is 1. The lowest BCUT2D eigenvalue weighted by Crippen LogP contribution is -2.00. The minimum atomic E-state index is -0.923. The Morgan fingerprint density at radius 1 is 1.05 bits per heavy atom. The van der Waals surface area contributed by atoms with Crippen LogP contribution >= 0.6 is 0 Å². The first kappa shape index (κ1) is 12.9. The van der Waals surface area contributed by atoms with Crippen molar-refractivity contribution in [1.29, 1.82) is 0 Å². The highest BCUT2D eigenvalue weighted by atomic mass is 19.2. The molecule has 0 radical (unpaired) electrons. The molecule has 4 nitrogen and oxygen atoms in total. The number of nitrogens with one attached hydrogen (secondary N) is 1. The molecule has 0 aliphatic rings. The second-order valence-electron chi connectivity index (χ2n) is 3.91. The Labute approximate surface area is 107 Å². The lowest BCUT2D eigenvalue weighted by atomic mass is 10.2. The highest BCUT2D eigenvalue weighted by Crippen LogP contribution is 2.16. The predicted molar refractivity (Wildman–Crippen MR) is 66.8 cm³/mol. The normalized spacial score (nSPS) is 10.2. The van der Waals surface area contributed by atoms with Gasteiger partial charge in [-0.25, -0.2) is 8.78 Å². The minimum absolute atomic E-state index is 0.0107. The summed E-state index contributed by atoms with van der Waals surface area (Å²) in [5, 5.41) is 13.4. The summed E-state index contributed by atoms with van der Waals surface area (Å²) in [5.41, 5.74) is 1.25. The van der Waals surface area contributed by atoms with Crippen LogP contribution in [0, 0.1) is 21.7 Å². The summed E-state index contributed by atoms with van der Waals surface area (Å²) in [6.07, 6.45) is 0. The van der Waals surface area contributed by atoms with Crippen molar-refractivity contribution in [2.75, 3.05) is 5.32 Å². The number of anilines is 1. The van der Waals surface area contributed by atoms with E-state index in [-0.39, 0.29) is 5.69 Å². The Morgan fingerprint density at radius 2 is 1.74 bits per heavy atom. The molecule has 2 aromatic carbocycles. The van der Waals surface area contributed by atoms with E-state index in [1.807, 2.05) is 0 Å². The van der Waals surface area contributed by atoms with Crippen molar-refractivity contribution < 1.29 is 13.7 Å². The van der Waals surface area contributed by atoms with Crippen molar-refractivity contribution in [3.63, 3.8) is 0 Å². The number of benzene rings is 2. The van der Waals surface area contributed by atoms with Crippen molar-refractivity contribution in [1.82, 2.24) is 0 Å². The maximum atomic E-state index is 13.0. The molecule has 0 fully saturated rings. The molecular formula is C13H10F2N2O2. The smallest absolute Gasteiger partial charge is 0.269 e. The molecule has 0 saturated heterocycles. The molecule has 98 valence electrons. The van der Waals surface area contributed by atoms with Gasteiger partial charge in [-0.2, -0.15) is 0 Å². The standard InChI is InChI=1S/C13H10F2N2O2/c14-12-6-3-10(7-13(12)15)16-8-9-1-4-11(5-2-9)17(18)19/h1-7,16H,8H2. The molecule has 0 aromatic heterocycles. The van der Waals surface area contributed by atoms with Crippen LogP contribution in [0.15, 0.2) is 42.5 Å². The van der Waals surface area contributed by atoms with Gasteiger partial charge >= 0.3 is 0 Å². The summed E-state index contributed by atoms with van der Waals surface area (Å²) in [6, 6.07) is 9.50. The van der Waals surface area contributed by atoms with Crippen LogP contribution in [0.3, 0.4) is 0 Å². The molecule has 19 heavy (non-hydrogen) atoms. The van der Waals surface area contributed by atoms with Crippen LogP contribution in [0.25, 0.3) is 0 Å². The van der Waals surface area contributed by atoms with E-state index in [9.17, 15) is 18.9 Å². The number of nitro groups is 1. The molecule has 6 heteroatoms. The lowest BCUT2D eigenvalue weighted by Gasteiger charge is -2.06. The Hall–Kier alpha value is -2.50. The zero-order valence-corrected chi connectivity index (χ0v) is 9.77. The lowest BCUT2D eigenvalue weighted by molar-refractivity contribution is -0.384.